The van der Waals surface area contributed by atoms with Crippen LogP contribution in [0.4, 0.5) is 18.9 Å². The molecular weight excluding hydrogens is 513 g/mol. The molecule has 1 aromatic heterocycles. The van der Waals surface area contributed by atoms with E-state index in [1.165, 1.54) is 22.9 Å². The number of rotatable bonds is 6. The van der Waals surface area contributed by atoms with Crippen molar-refractivity contribution >= 4 is 17.5 Å². The molecule has 1 saturated heterocycles. The first-order valence-corrected chi connectivity index (χ1v) is 12.4. The van der Waals surface area contributed by atoms with E-state index in [0.717, 1.165) is 18.6 Å². The lowest BCUT2D eigenvalue weighted by atomic mass is 10.0. The van der Waals surface area contributed by atoms with Crippen molar-refractivity contribution < 1.29 is 27.5 Å². The van der Waals surface area contributed by atoms with Crippen molar-refractivity contribution in [3.05, 3.63) is 78.1 Å². The number of nitrogens with two attached hydrogens (primary N) is 1. The van der Waals surface area contributed by atoms with Crippen LogP contribution in [0.2, 0.25) is 0 Å². The average molecular weight is 541 g/mol. The average Bonchev–Trinajstić information content (AvgIpc) is 3.33. The second kappa shape index (κ2) is 10.4. The summed E-state index contributed by atoms with van der Waals surface area (Å²) in [7, 11) is 0. The van der Waals surface area contributed by atoms with Crippen LogP contribution in [0.25, 0.3) is 5.69 Å². The van der Waals surface area contributed by atoms with Gasteiger partial charge in [0, 0.05) is 32.7 Å². The molecule has 3 heterocycles. The molecule has 12 heteroatoms. The Labute approximate surface area is 222 Å². The van der Waals surface area contributed by atoms with E-state index in [9.17, 15) is 22.8 Å². The van der Waals surface area contributed by atoms with Crippen molar-refractivity contribution in [2.45, 2.75) is 18.6 Å². The van der Waals surface area contributed by atoms with E-state index >= 15 is 0 Å². The van der Waals surface area contributed by atoms with Crippen LogP contribution in [-0.2, 0) is 11.0 Å². The van der Waals surface area contributed by atoms with Crippen LogP contribution < -0.4 is 15.8 Å². The van der Waals surface area contributed by atoms with Gasteiger partial charge in [-0.3, -0.25) is 14.5 Å². The Morgan fingerprint density at radius 2 is 1.79 bits per heavy atom. The standard InChI is InChI=1S/C27H27F3N6O3/c1-2-22(37)35-14-12-34(13-15-35)21-10-11-32-24-23(21)33-36(25(24)26(31)38)18-6-8-19(9-7-18)39-20-5-3-4-17(16-20)27(28,29)30/h2-9,16,21,32H,1,10-15H2,(H2,31,38)/t21-/m1/s1. The maximum atomic E-state index is 13.0. The monoisotopic (exact) mass is 540 g/mol. The summed E-state index contributed by atoms with van der Waals surface area (Å²) in [6.45, 7) is 6.63. The number of hydrogen-bond donors (Lipinski definition) is 2. The Bertz CT molecular complexity index is 1390. The number of ether oxygens (including phenoxy) is 1. The predicted octanol–water partition coefficient (Wildman–Crippen LogP) is 3.97. The summed E-state index contributed by atoms with van der Waals surface area (Å²) in [6.07, 6.45) is -2.40. The van der Waals surface area contributed by atoms with Gasteiger partial charge in [-0.2, -0.15) is 18.3 Å². The molecule has 9 nitrogen and oxygen atoms in total. The third kappa shape index (κ3) is 5.32. The second-order valence-corrected chi connectivity index (χ2v) is 9.30. The molecule has 204 valence electrons. The van der Waals surface area contributed by atoms with E-state index in [2.05, 4.69) is 16.8 Å². The molecule has 1 fully saturated rings. The number of amides is 2. The Balaban J connectivity index is 1.39. The van der Waals surface area contributed by atoms with Crippen molar-refractivity contribution in [1.29, 1.82) is 0 Å². The van der Waals surface area contributed by atoms with Gasteiger partial charge in [0.2, 0.25) is 5.91 Å². The van der Waals surface area contributed by atoms with E-state index in [1.807, 2.05) is 0 Å². The number of nitrogens with zero attached hydrogens (tertiary/aromatic N) is 4. The number of anilines is 1. The molecule has 39 heavy (non-hydrogen) atoms. The molecule has 2 amide bonds. The van der Waals surface area contributed by atoms with Crippen molar-refractivity contribution in [2.24, 2.45) is 5.73 Å². The number of nitrogens with one attached hydrogen (secondary N) is 1. The summed E-state index contributed by atoms with van der Waals surface area (Å²) in [5, 5.41) is 8.03. The highest BCUT2D eigenvalue weighted by Crippen LogP contribution is 2.38. The van der Waals surface area contributed by atoms with E-state index < -0.39 is 17.6 Å². The zero-order chi connectivity index (χ0) is 27.7. The first-order valence-electron chi connectivity index (χ1n) is 12.4. The molecule has 1 atom stereocenters. The summed E-state index contributed by atoms with van der Waals surface area (Å²) in [6, 6.07) is 11.0. The molecule has 0 bridgehead atoms. The number of alkyl halides is 3. The Morgan fingerprint density at radius 3 is 2.44 bits per heavy atom. The van der Waals surface area contributed by atoms with E-state index in [1.54, 1.807) is 29.2 Å². The van der Waals surface area contributed by atoms with Crippen LogP contribution in [0.1, 0.15) is 34.2 Å². The maximum absolute atomic E-state index is 13.0. The zero-order valence-corrected chi connectivity index (χ0v) is 20.9. The fraction of sp³-hybridized carbons (Fsp3) is 0.296. The molecule has 0 unspecified atom stereocenters. The largest absolute Gasteiger partial charge is 0.457 e. The van der Waals surface area contributed by atoms with Gasteiger partial charge in [-0.25, -0.2) is 4.68 Å². The van der Waals surface area contributed by atoms with Crippen LogP contribution in [0.5, 0.6) is 11.5 Å². The van der Waals surface area contributed by atoms with Crippen LogP contribution in [0.15, 0.2) is 61.2 Å². The van der Waals surface area contributed by atoms with E-state index in [-0.39, 0.29) is 23.4 Å². The minimum atomic E-state index is -4.48. The van der Waals surface area contributed by atoms with E-state index in [0.29, 0.717) is 55.5 Å². The van der Waals surface area contributed by atoms with Gasteiger partial charge in [0.15, 0.2) is 5.69 Å². The lowest BCUT2D eigenvalue weighted by molar-refractivity contribution is -0.137. The lowest BCUT2D eigenvalue weighted by Gasteiger charge is -2.40. The number of benzene rings is 2. The summed E-state index contributed by atoms with van der Waals surface area (Å²) in [4.78, 5) is 28.5. The predicted molar refractivity (Wildman–Crippen MR) is 138 cm³/mol. The number of aromatic nitrogens is 2. The summed E-state index contributed by atoms with van der Waals surface area (Å²) >= 11 is 0. The number of fused-ring (bicyclic) bond motifs is 1. The molecule has 2 aliphatic heterocycles. The number of piperazine rings is 1. The number of primary amides is 1. The van der Waals surface area contributed by atoms with Gasteiger partial charge in [-0.1, -0.05) is 12.6 Å². The van der Waals surface area contributed by atoms with Gasteiger partial charge in [0.25, 0.3) is 5.91 Å². The third-order valence-electron chi connectivity index (χ3n) is 6.90. The molecule has 0 aliphatic carbocycles. The van der Waals surface area contributed by atoms with Gasteiger partial charge in [-0.15, -0.1) is 0 Å². The Hall–Kier alpha value is -4.32. The SMILES string of the molecule is C=CC(=O)N1CCN([C@@H]2CCNc3c2nn(-c2ccc(Oc4cccc(C(F)(F)F)c4)cc2)c3C(N)=O)CC1. The topological polar surface area (TPSA) is 106 Å². The minimum absolute atomic E-state index is 0.0480. The zero-order valence-electron chi connectivity index (χ0n) is 20.9. The number of hydrogen-bond acceptors (Lipinski definition) is 6. The van der Waals surface area contributed by atoms with Gasteiger partial charge in [0.1, 0.15) is 17.2 Å². The molecule has 0 radical (unpaired) electrons. The van der Waals surface area contributed by atoms with Gasteiger partial charge in [-0.05, 0) is 55.0 Å². The van der Waals surface area contributed by atoms with Crippen LogP contribution in [0.3, 0.4) is 0 Å². The van der Waals surface area contributed by atoms with E-state index in [4.69, 9.17) is 15.6 Å². The number of carbonyl (C=O) groups excluding carboxylic acids is 2. The smallest absolute Gasteiger partial charge is 0.416 e. The number of halogens is 3. The van der Waals surface area contributed by atoms with Gasteiger partial charge < -0.3 is 20.7 Å². The molecule has 2 aliphatic rings. The van der Waals surface area contributed by atoms with Crippen molar-refractivity contribution in [3.63, 3.8) is 0 Å². The Morgan fingerprint density at radius 1 is 1.08 bits per heavy atom. The van der Waals surface area contributed by atoms with Gasteiger partial charge >= 0.3 is 6.18 Å². The van der Waals surface area contributed by atoms with Gasteiger partial charge in [0.05, 0.1) is 23.0 Å². The highest BCUT2D eigenvalue weighted by atomic mass is 19.4. The lowest BCUT2D eigenvalue weighted by Crippen LogP contribution is -2.50. The molecule has 2 aromatic carbocycles. The summed E-state index contributed by atoms with van der Waals surface area (Å²) in [5.74, 6) is -0.380. The molecule has 0 saturated carbocycles. The third-order valence-corrected chi connectivity index (χ3v) is 6.90. The normalized spacial score (nSPS) is 17.7. The van der Waals surface area contributed by atoms with Crippen LogP contribution in [-0.4, -0.2) is 64.1 Å². The highest BCUT2D eigenvalue weighted by molar-refractivity contribution is 5.98. The molecule has 0 spiro atoms. The fourth-order valence-corrected chi connectivity index (χ4v) is 4.99. The summed E-state index contributed by atoms with van der Waals surface area (Å²) in [5.41, 5.74) is 6.99. The van der Waals surface area contributed by atoms with Crippen molar-refractivity contribution in [1.82, 2.24) is 19.6 Å². The van der Waals surface area contributed by atoms with Crippen LogP contribution in [0, 0.1) is 0 Å². The molecular formula is C27H27F3N6O3. The molecule has 3 N–H and O–H groups in total. The molecule has 3 aromatic rings. The van der Waals surface area contributed by atoms with Crippen molar-refractivity contribution in [2.75, 3.05) is 38.0 Å². The minimum Gasteiger partial charge on any atom is -0.457 e. The first kappa shape index (κ1) is 26.3. The fourth-order valence-electron chi connectivity index (χ4n) is 4.99. The quantitative estimate of drug-likeness (QED) is 0.459. The number of carbonyl (C=O) groups is 2. The molecule has 5 rings (SSSR count). The first-order chi connectivity index (χ1) is 18.7. The highest BCUT2D eigenvalue weighted by Gasteiger charge is 2.35. The summed E-state index contributed by atoms with van der Waals surface area (Å²) < 4.78 is 46.2. The maximum Gasteiger partial charge on any atom is 0.416 e. The van der Waals surface area contributed by atoms with Crippen LogP contribution >= 0.6 is 0 Å². The second-order valence-electron chi connectivity index (χ2n) is 9.30. The Kier molecular flexibility index (Phi) is 7.04. The van der Waals surface area contributed by atoms with Crippen molar-refractivity contribution in [3.8, 4) is 17.2 Å².